The van der Waals surface area contributed by atoms with Gasteiger partial charge in [0.15, 0.2) is 0 Å². The fourth-order valence-corrected chi connectivity index (χ4v) is 3.59. The molecule has 1 aliphatic heterocycles. The summed E-state index contributed by atoms with van der Waals surface area (Å²) in [4.78, 5) is 23.0. The molecule has 4 aromatic rings. The van der Waals surface area contributed by atoms with Crippen LogP contribution in [0.5, 0.6) is 0 Å². The van der Waals surface area contributed by atoms with Crippen LogP contribution in [-0.4, -0.2) is 62.0 Å². The van der Waals surface area contributed by atoms with Crippen LogP contribution in [-0.2, 0) is 11.3 Å². The van der Waals surface area contributed by atoms with Gasteiger partial charge in [-0.25, -0.2) is 9.78 Å². The predicted molar refractivity (Wildman–Crippen MR) is 121 cm³/mol. The SMILES string of the molecule is O=C(Nc1cccc(-c2cn(Cc3ccc(-c4nnc(C(F)F)o4)cn3)cn2)c1)N1CCOCC1. The van der Waals surface area contributed by atoms with E-state index in [4.69, 9.17) is 9.15 Å². The number of carbonyl (C=O) groups excluding carboxylic acids is 1. The Hall–Kier alpha value is -4.19. The minimum atomic E-state index is -2.82. The number of amides is 2. The molecule has 0 atom stereocenters. The number of carbonyl (C=O) groups is 1. The molecule has 0 saturated carbocycles. The Morgan fingerprint density at radius 2 is 1.94 bits per heavy atom. The van der Waals surface area contributed by atoms with Crippen molar-refractivity contribution < 1.29 is 22.7 Å². The van der Waals surface area contributed by atoms with Crippen molar-refractivity contribution >= 4 is 11.7 Å². The zero-order valence-corrected chi connectivity index (χ0v) is 18.5. The van der Waals surface area contributed by atoms with Crippen LogP contribution in [0.15, 0.2) is 59.5 Å². The third kappa shape index (κ3) is 5.32. The number of anilines is 1. The molecule has 1 aromatic carbocycles. The highest BCUT2D eigenvalue weighted by Crippen LogP contribution is 2.24. The lowest BCUT2D eigenvalue weighted by molar-refractivity contribution is 0.0564. The van der Waals surface area contributed by atoms with Gasteiger partial charge in [0.2, 0.25) is 5.89 Å². The van der Waals surface area contributed by atoms with E-state index in [2.05, 4.69) is 25.5 Å². The maximum Gasteiger partial charge on any atom is 0.321 e. The first-order valence-corrected chi connectivity index (χ1v) is 10.9. The van der Waals surface area contributed by atoms with E-state index in [9.17, 15) is 13.6 Å². The molecule has 10 nitrogen and oxygen atoms in total. The van der Waals surface area contributed by atoms with Crippen LogP contribution in [0, 0.1) is 0 Å². The fourth-order valence-electron chi connectivity index (χ4n) is 3.59. The van der Waals surface area contributed by atoms with Crippen molar-refractivity contribution in [1.82, 2.24) is 29.6 Å². The number of halogens is 2. The standard InChI is InChI=1S/C23H21F2N7O3/c24-20(25)22-30-29-21(35-22)16-4-5-18(26-11-16)12-31-13-19(27-14-31)15-2-1-3-17(10-15)28-23(33)32-6-8-34-9-7-32/h1-5,10-11,13-14,20H,6-9,12H2,(H,28,33). The topological polar surface area (TPSA) is 111 Å². The Labute approximate surface area is 198 Å². The summed E-state index contributed by atoms with van der Waals surface area (Å²) >= 11 is 0. The summed E-state index contributed by atoms with van der Waals surface area (Å²) in [5.41, 5.74) is 3.47. The molecular formula is C23H21F2N7O3. The lowest BCUT2D eigenvalue weighted by Gasteiger charge is -2.26. The summed E-state index contributed by atoms with van der Waals surface area (Å²) in [5.74, 6) is -0.732. The van der Waals surface area contributed by atoms with Crippen LogP contribution in [0.1, 0.15) is 18.0 Å². The van der Waals surface area contributed by atoms with E-state index < -0.39 is 12.3 Å². The number of hydrogen-bond donors (Lipinski definition) is 1. The molecule has 1 saturated heterocycles. The molecule has 5 rings (SSSR count). The van der Waals surface area contributed by atoms with Crippen LogP contribution in [0.25, 0.3) is 22.7 Å². The minimum Gasteiger partial charge on any atom is -0.415 e. The Morgan fingerprint density at radius 1 is 1.09 bits per heavy atom. The maximum atomic E-state index is 12.6. The highest BCUT2D eigenvalue weighted by molar-refractivity contribution is 5.90. The third-order valence-electron chi connectivity index (χ3n) is 5.38. The Balaban J connectivity index is 1.23. The number of benzene rings is 1. The van der Waals surface area contributed by atoms with Crippen LogP contribution < -0.4 is 5.32 Å². The Morgan fingerprint density at radius 3 is 2.69 bits per heavy atom. The van der Waals surface area contributed by atoms with Gasteiger partial charge in [-0.1, -0.05) is 12.1 Å². The molecule has 4 heterocycles. The van der Waals surface area contributed by atoms with Gasteiger partial charge in [0.05, 0.1) is 43.0 Å². The second-order valence-electron chi connectivity index (χ2n) is 7.83. The van der Waals surface area contributed by atoms with Gasteiger partial charge in [-0.05, 0) is 24.3 Å². The maximum absolute atomic E-state index is 12.6. The number of imidazole rings is 1. The molecule has 12 heteroatoms. The molecule has 1 N–H and O–H groups in total. The van der Waals surface area contributed by atoms with E-state index in [1.807, 2.05) is 35.0 Å². The number of hydrogen-bond acceptors (Lipinski definition) is 7. The molecule has 2 amide bonds. The van der Waals surface area contributed by atoms with Gasteiger partial charge >= 0.3 is 12.5 Å². The molecule has 1 fully saturated rings. The number of nitrogens with one attached hydrogen (secondary N) is 1. The van der Waals surface area contributed by atoms with Crippen molar-refractivity contribution in [3.8, 4) is 22.7 Å². The van der Waals surface area contributed by atoms with Crippen molar-refractivity contribution in [3.05, 3.63) is 66.7 Å². The summed E-state index contributed by atoms with van der Waals surface area (Å²) in [6.45, 7) is 2.66. The lowest BCUT2D eigenvalue weighted by Crippen LogP contribution is -2.43. The smallest absolute Gasteiger partial charge is 0.321 e. The first-order valence-electron chi connectivity index (χ1n) is 10.9. The van der Waals surface area contributed by atoms with Gasteiger partial charge in [0, 0.05) is 36.7 Å². The van der Waals surface area contributed by atoms with Crippen LogP contribution in [0.2, 0.25) is 0 Å². The molecule has 0 radical (unpaired) electrons. The number of ether oxygens (including phenoxy) is 1. The highest BCUT2D eigenvalue weighted by atomic mass is 19.3. The lowest BCUT2D eigenvalue weighted by atomic mass is 10.1. The molecule has 180 valence electrons. The van der Waals surface area contributed by atoms with Crippen molar-refractivity contribution in [1.29, 1.82) is 0 Å². The molecule has 0 spiro atoms. The number of morpholine rings is 1. The molecule has 0 aliphatic carbocycles. The van der Waals surface area contributed by atoms with Crippen molar-refractivity contribution in [2.45, 2.75) is 13.0 Å². The molecule has 1 aliphatic rings. The zero-order valence-electron chi connectivity index (χ0n) is 18.5. The monoisotopic (exact) mass is 481 g/mol. The summed E-state index contributed by atoms with van der Waals surface area (Å²) in [6.07, 6.45) is 2.25. The molecule has 0 bridgehead atoms. The van der Waals surface area contributed by atoms with E-state index in [1.165, 1.54) is 6.20 Å². The van der Waals surface area contributed by atoms with Gasteiger partial charge in [-0.3, -0.25) is 4.98 Å². The number of urea groups is 1. The van der Waals surface area contributed by atoms with Gasteiger partial charge in [-0.15, -0.1) is 10.2 Å². The minimum absolute atomic E-state index is 0.00939. The summed E-state index contributed by atoms with van der Waals surface area (Å²) < 4.78 is 37.4. The second-order valence-corrected chi connectivity index (χ2v) is 7.83. The Kier molecular flexibility index (Phi) is 6.44. The van der Waals surface area contributed by atoms with Crippen molar-refractivity contribution in [2.75, 3.05) is 31.6 Å². The normalized spacial score (nSPS) is 13.9. The van der Waals surface area contributed by atoms with E-state index in [0.29, 0.717) is 44.1 Å². The average Bonchev–Trinajstić information content (AvgIpc) is 3.56. The largest absolute Gasteiger partial charge is 0.415 e. The fraction of sp³-hybridized carbons (Fsp3) is 0.261. The second kappa shape index (κ2) is 9.97. The van der Waals surface area contributed by atoms with E-state index >= 15 is 0 Å². The first-order chi connectivity index (χ1) is 17.0. The molecule has 35 heavy (non-hydrogen) atoms. The van der Waals surface area contributed by atoms with Crippen molar-refractivity contribution in [3.63, 3.8) is 0 Å². The number of aromatic nitrogens is 5. The van der Waals surface area contributed by atoms with E-state index in [0.717, 1.165) is 17.0 Å². The van der Waals surface area contributed by atoms with Crippen molar-refractivity contribution in [2.24, 2.45) is 0 Å². The summed E-state index contributed by atoms with van der Waals surface area (Å²) in [7, 11) is 0. The van der Waals surface area contributed by atoms with Gasteiger partial charge in [0.1, 0.15) is 0 Å². The third-order valence-corrected chi connectivity index (χ3v) is 5.38. The first kappa shape index (κ1) is 22.6. The van der Waals surface area contributed by atoms with Gasteiger partial charge in [-0.2, -0.15) is 8.78 Å². The number of nitrogens with zero attached hydrogens (tertiary/aromatic N) is 6. The van der Waals surface area contributed by atoms with Gasteiger partial charge in [0.25, 0.3) is 5.89 Å². The summed E-state index contributed by atoms with van der Waals surface area (Å²) in [6, 6.07) is 10.8. The molecule has 0 unspecified atom stereocenters. The molecular weight excluding hydrogens is 460 g/mol. The van der Waals surface area contributed by atoms with E-state index in [1.54, 1.807) is 23.4 Å². The average molecular weight is 481 g/mol. The van der Waals surface area contributed by atoms with Gasteiger partial charge < -0.3 is 23.9 Å². The quantitative estimate of drug-likeness (QED) is 0.445. The number of pyridine rings is 1. The Bertz CT molecular complexity index is 1300. The summed E-state index contributed by atoms with van der Waals surface area (Å²) in [5, 5.41) is 9.87. The van der Waals surface area contributed by atoms with Crippen LogP contribution >= 0.6 is 0 Å². The molecule has 3 aromatic heterocycles. The number of alkyl halides is 2. The van der Waals surface area contributed by atoms with Crippen LogP contribution in [0.4, 0.5) is 19.3 Å². The number of rotatable bonds is 6. The van der Waals surface area contributed by atoms with E-state index in [-0.39, 0.29) is 11.9 Å². The predicted octanol–water partition coefficient (Wildman–Crippen LogP) is 3.85. The van der Waals surface area contributed by atoms with Crippen LogP contribution in [0.3, 0.4) is 0 Å². The highest BCUT2D eigenvalue weighted by Gasteiger charge is 2.18. The zero-order chi connectivity index (χ0) is 24.2.